The summed E-state index contributed by atoms with van der Waals surface area (Å²) in [5.41, 5.74) is 2.66. The number of nitro benzene ring substituents is 1. The molecule has 3 rings (SSSR count). The zero-order valence-corrected chi connectivity index (χ0v) is 16.5. The number of carbonyl (C=O) groups excluding carboxylic acids is 4. The lowest BCUT2D eigenvalue weighted by atomic mass is 10.2. The third-order valence-electron chi connectivity index (χ3n) is 4.18. The SMILES string of the molecule is O=C(COC(=O)c1ccc(N2NC(=O)CCC2=O)cc1)Nc1cc([N+](=O)[O-])ccc1Cl. The van der Waals surface area contributed by atoms with Gasteiger partial charge < -0.3 is 10.1 Å². The Morgan fingerprint density at radius 1 is 1.16 bits per heavy atom. The number of esters is 1. The molecule has 0 atom stereocenters. The molecule has 0 radical (unpaired) electrons. The Morgan fingerprint density at radius 3 is 2.55 bits per heavy atom. The van der Waals surface area contributed by atoms with E-state index in [4.69, 9.17) is 16.3 Å². The van der Waals surface area contributed by atoms with Gasteiger partial charge in [-0.2, -0.15) is 0 Å². The Labute approximate surface area is 180 Å². The number of nitro groups is 1. The van der Waals surface area contributed by atoms with E-state index in [1.54, 1.807) is 0 Å². The maximum Gasteiger partial charge on any atom is 0.338 e. The highest BCUT2D eigenvalue weighted by Gasteiger charge is 2.24. The zero-order chi connectivity index (χ0) is 22.5. The second-order valence-electron chi connectivity index (χ2n) is 6.36. The summed E-state index contributed by atoms with van der Waals surface area (Å²) in [5, 5.41) is 14.3. The monoisotopic (exact) mass is 446 g/mol. The van der Waals surface area contributed by atoms with Gasteiger partial charge in [-0.25, -0.2) is 9.80 Å². The largest absolute Gasteiger partial charge is 0.452 e. The van der Waals surface area contributed by atoms with Crippen LogP contribution < -0.4 is 15.8 Å². The van der Waals surface area contributed by atoms with E-state index in [-0.39, 0.29) is 46.6 Å². The number of rotatable bonds is 6. The Morgan fingerprint density at radius 2 is 1.87 bits per heavy atom. The number of hydrogen-bond acceptors (Lipinski definition) is 7. The van der Waals surface area contributed by atoms with Crippen molar-refractivity contribution in [3.05, 3.63) is 63.2 Å². The molecule has 1 aliphatic rings. The maximum absolute atomic E-state index is 12.1. The van der Waals surface area contributed by atoms with Gasteiger partial charge in [-0.05, 0) is 30.3 Å². The number of benzene rings is 2. The van der Waals surface area contributed by atoms with Crippen molar-refractivity contribution in [2.45, 2.75) is 12.8 Å². The van der Waals surface area contributed by atoms with Crippen molar-refractivity contribution in [2.24, 2.45) is 0 Å². The summed E-state index contributed by atoms with van der Waals surface area (Å²) in [7, 11) is 0. The van der Waals surface area contributed by atoms with Gasteiger partial charge in [0.1, 0.15) is 0 Å². The molecule has 2 aromatic carbocycles. The van der Waals surface area contributed by atoms with Crippen LogP contribution in [0.1, 0.15) is 23.2 Å². The molecule has 11 nitrogen and oxygen atoms in total. The minimum absolute atomic E-state index is 0.00881. The van der Waals surface area contributed by atoms with Crippen molar-refractivity contribution in [2.75, 3.05) is 16.9 Å². The Balaban J connectivity index is 1.57. The fraction of sp³-hybridized carbons (Fsp3) is 0.158. The van der Waals surface area contributed by atoms with Gasteiger partial charge in [0.05, 0.1) is 26.9 Å². The first-order valence-corrected chi connectivity index (χ1v) is 9.26. The molecule has 1 aliphatic heterocycles. The summed E-state index contributed by atoms with van der Waals surface area (Å²) in [4.78, 5) is 57.7. The molecule has 31 heavy (non-hydrogen) atoms. The van der Waals surface area contributed by atoms with Gasteiger partial charge in [0, 0.05) is 25.0 Å². The molecular formula is C19H15ClN4O7. The van der Waals surface area contributed by atoms with E-state index in [0.717, 1.165) is 11.1 Å². The number of hydrazine groups is 1. The second kappa shape index (κ2) is 9.22. The summed E-state index contributed by atoms with van der Waals surface area (Å²) < 4.78 is 4.92. The summed E-state index contributed by atoms with van der Waals surface area (Å²) in [6, 6.07) is 9.18. The van der Waals surface area contributed by atoms with Crippen molar-refractivity contribution < 1.29 is 28.8 Å². The first kappa shape index (κ1) is 21.7. The van der Waals surface area contributed by atoms with E-state index in [9.17, 15) is 29.3 Å². The van der Waals surface area contributed by atoms with Crippen LogP contribution in [0.15, 0.2) is 42.5 Å². The standard InChI is InChI=1S/C19H15ClN4O7/c20-14-6-5-13(24(29)30)9-15(14)21-17(26)10-31-19(28)11-1-3-12(4-2-11)23-18(27)8-7-16(25)22-23/h1-6,9H,7-8,10H2,(H,21,26)(H,22,25). The van der Waals surface area contributed by atoms with Gasteiger partial charge in [-0.15, -0.1) is 0 Å². The third kappa shape index (κ3) is 5.34. The molecule has 1 fully saturated rings. The molecule has 12 heteroatoms. The first-order chi connectivity index (χ1) is 14.7. The van der Waals surface area contributed by atoms with Crippen LogP contribution in [0, 0.1) is 10.1 Å². The Bertz CT molecular complexity index is 1070. The number of nitrogens with one attached hydrogen (secondary N) is 2. The van der Waals surface area contributed by atoms with Gasteiger partial charge in [-0.1, -0.05) is 11.6 Å². The smallest absolute Gasteiger partial charge is 0.338 e. The van der Waals surface area contributed by atoms with E-state index >= 15 is 0 Å². The summed E-state index contributed by atoms with van der Waals surface area (Å²) in [5.74, 6) is -2.13. The predicted molar refractivity (Wildman–Crippen MR) is 108 cm³/mol. The lowest BCUT2D eigenvalue weighted by Gasteiger charge is -2.27. The molecule has 2 N–H and O–H groups in total. The molecular weight excluding hydrogens is 432 g/mol. The van der Waals surface area contributed by atoms with Crippen molar-refractivity contribution in [3.63, 3.8) is 0 Å². The van der Waals surface area contributed by atoms with Crippen LogP contribution in [0.4, 0.5) is 17.1 Å². The third-order valence-corrected chi connectivity index (χ3v) is 4.51. The van der Waals surface area contributed by atoms with Crippen molar-refractivity contribution in [3.8, 4) is 0 Å². The quantitative estimate of drug-likeness (QED) is 0.392. The van der Waals surface area contributed by atoms with Crippen LogP contribution >= 0.6 is 11.6 Å². The molecule has 0 saturated carbocycles. The molecule has 0 aromatic heterocycles. The summed E-state index contributed by atoms with van der Waals surface area (Å²) in [6.07, 6.45) is 0.197. The van der Waals surface area contributed by atoms with Crippen LogP contribution in [-0.4, -0.2) is 35.2 Å². The summed E-state index contributed by atoms with van der Waals surface area (Å²) >= 11 is 5.90. The van der Waals surface area contributed by atoms with E-state index in [2.05, 4.69) is 10.7 Å². The lowest BCUT2D eigenvalue weighted by Crippen LogP contribution is -2.50. The molecule has 0 bridgehead atoms. The fourth-order valence-electron chi connectivity index (χ4n) is 2.65. The highest BCUT2D eigenvalue weighted by Crippen LogP contribution is 2.26. The molecule has 1 heterocycles. The second-order valence-corrected chi connectivity index (χ2v) is 6.76. The van der Waals surface area contributed by atoms with Crippen molar-refractivity contribution in [1.29, 1.82) is 0 Å². The molecule has 2 aromatic rings. The molecule has 0 unspecified atom stereocenters. The molecule has 0 spiro atoms. The van der Waals surface area contributed by atoms with Crippen LogP contribution in [0.25, 0.3) is 0 Å². The number of amides is 3. The number of carbonyl (C=O) groups is 4. The average Bonchev–Trinajstić information content (AvgIpc) is 2.75. The number of nitrogens with zero attached hydrogens (tertiary/aromatic N) is 2. The summed E-state index contributed by atoms with van der Waals surface area (Å²) in [6.45, 7) is -0.653. The van der Waals surface area contributed by atoms with Crippen LogP contribution in [-0.2, 0) is 19.1 Å². The Hall–Kier alpha value is -3.99. The van der Waals surface area contributed by atoms with E-state index < -0.39 is 23.4 Å². The molecule has 160 valence electrons. The molecule has 1 saturated heterocycles. The van der Waals surface area contributed by atoms with Crippen molar-refractivity contribution in [1.82, 2.24) is 5.43 Å². The zero-order valence-electron chi connectivity index (χ0n) is 15.8. The van der Waals surface area contributed by atoms with Crippen LogP contribution in [0.5, 0.6) is 0 Å². The van der Waals surface area contributed by atoms with Gasteiger partial charge in [-0.3, -0.25) is 29.9 Å². The minimum atomic E-state index is -0.805. The van der Waals surface area contributed by atoms with Crippen molar-refractivity contribution >= 4 is 52.4 Å². The fourth-order valence-corrected chi connectivity index (χ4v) is 2.82. The minimum Gasteiger partial charge on any atom is -0.452 e. The van der Waals surface area contributed by atoms with Gasteiger partial charge in [0.2, 0.25) is 11.8 Å². The number of halogens is 1. The predicted octanol–water partition coefficient (Wildman–Crippen LogP) is 2.20. The highest BCUT2D eigenvalue weighted by atomic mass is 35.5. The lowest BCUT2D eigenvalue weighted by molar-refractivity contribution is -0.384. The number of ether oxygens (including phenoxy) is 1. The number of hydrogen-bond donors (Lipinski definition) is 2. The first-order valence-electron chi connectivity index (χ1n) is 8.88. The average molecular weight is 447 g/mol. The van der Waals surface area contributed by atoms with Gasteiger partial charge in [0.15, 0.2) is 6.61 Å². The number of non-ortho nitro benzene ring substituents is 1. The van der Waals surface area contributed by atoms with Gasteiger partial charge in [0.25, 0.3) is 11.6 Å². The van der Waals surface area contributed by atoms with E-state index in [1.807, 2.05) is 0 Å². The topological polar surface area (TPSA) is 148 Å². The van der Waals surface area contributed by atoms with E-state index in [0.29, 0.717) is 5.69 Å². The van der Waals surface area contributed by atoms with Gasteiger partial charge >= 0.3 is 5.97 Å². The Kier molecular flexibility index (Phi) is 6.46. The number of anilines is 2. The molecule has 3 amide bonds. The van der Waals surface area contributed by atoms with E-state index in [1.165, 1.54) is 36.4 Å². The maximum atomic E-state index is 12.1. The normalized spacial score (nSPS) is 13.4. The highest BCUT2D eigenvalue weighted by molar-refractivity contribution is 6.33. The molecule has 0 aliphatic carbocycles. The van der Waals surface area contributed by atoms with Crippen LogP contribution in [0.3, 0.4) is 0 Å². The van der Waals surface area contributed by atoms with Crippen LogP contribution in [0.2, 0.25) is 5.02 Å².